The van der Waals surface area contributed by atoms with Crippen LogP contribution in [0.2, 0.25) is 0 Å². The maximum absolute atomic E-state index is 10.9. The Kier molecular flexibility index (Phi) is 1.53. The van der Waals surface area contributed by atoms with Gasteiger partial charge in [0, 0.05) is 7.05 Å². The molecule has 2 amide bonds. The number of hydrogen-bond donors (Lipinski definition) is 0. The van der Waals surface area contributed by atoms with E-state index in [1.165, 1.54) is 7.05 Å². The fourth-order valence-corrected chi connectivity index (χ4v) is 0.879. The maximum atomic E-state index is 10.9. The summed E-state index contributed by atoms with van der Waals surface area (Å²) >= 11 is 0. The van der Waals surface area contributed by atoms with E-state index < -0.39 is 6.04 Å². The number of aliphatic imine (C=N–C) groups is 1. The van der Waals surface area contributed by atoms with Gasteiger partial charge in [-0.05, 0) is 6.72 Å². The van der Waals surface area contributed by atoms with Crippen molar-refractivity contribution in [1.29, 1.82) is 0 Å². The normalized spacial score (nSPS) is 25.7. The summed E-state index contributed by atoms with van der Waals surface area (Å²) in [6, 6.07) is -0.530. The van der Waals surface area contributed by atoms with Gasteiger partial charge in [-0.2, -0.15) is 0 Å². The Balaban J connectivity index is 2.80. The molecule has 0 aliphatic carbocycles. The summed E-state index contributed by atoms with van der Waals surface area (Å²) in [6.45, 7) is 3.21. The van der Waals surface area contributed by atoms with E-state index in [1.807, 2.05) is 0 Å². The van der Waals surface area contributed by atoms with Gasteiger partial charge >= 0.3 is 0 Å². The molecular weight excluding hydrogens is 132 g/mol. The van der Waals surface area contributed by atoms with E-state index >= 15 is 0 Å². The molecule has 1 aliphatic heterocycles. The Morgan fingerprint density at radius 3 is 2.50 bits per heavy atom. The number of likely N-dealkylation sites (tertiary alicyclic amines) is 1. The molecule has 0 radical (unpaired) electrons. The van der Waals surface area contributed by atoms with Gasteiger partial charge in [0.05, 0.1) is 6.42 Å². The van der Waals surface area contributed by atoms with Gasteiger partial charge in [0.25, 0.3) is 5.91 Å². The second-order valence-electron chi connectivity index (χ2n) is 2.19. The number of amides is 2. The maximum Gasteiger partial charge on any atom is 0.254 e. The van der Waals surface area contributed by atoms with Crippen molar-refractivity contribution in [1.82, 2.24) is 4.90 Å². The van der Waals surface area contributed by atoms with Crippen LogP contribution in [0.5, 0.6) is 0 Å². The average molecular weight is 140 g/mol. The highest BCUT2D eigenvalue weighted by molar-refractivity contribution is 6.05. The minimum atomic E-state index is -0.530. The predicted molar refractivity (Wildman–Crippen MR) is 35.7 cm³/mol. The monoisotopic (exact) mass is 140 g/mol. The molecule has 4 nitrogen and oxygen atoms in total. The van der Waals surface area contributed by atoms with E-state index in [-0.39, 0.29) is 18.2 Å². The molecule has 1 aliphatic rings. The van der Waals surface area contributed by atoms with Crippen molar-refractivity contribution in [3.05, 3.63) is 0 Å². The van der Waals surface area contributed by atoms with Gasteiger partial charge in [-0.15, -0.1) is 0 Å². The molecule has 0 saturated carbocycles. The van der Waals surface area contributed by atoms with Gasteiger partial charge in [0.2, 0.25) is 5.91 Å². The van der Waals surface area contributed by atoms with Crippen molar-refractivity contribution >= 4 is 18.5 Å². The molecule has 10 heavy (non-hydrogen) atoms. The quantitative estimate of drug-likeness (QED) is 0.362. The molecular formula is C6H8N2O2. The number of hydrogen-bond acceptors (Lipinski definition) is 3. The van der Waals surface area contributed by atoms with Crippen LogP contribution in [-0.2, 0) is 9.59 Å². The first kappa shape index (κ1) is 6.92. The molecule has 0 spiro atoms. The lowest BCUT2D eigenvalue weighted by atomic mass is 10.3. The average Bonchev–Trinajstić information content (AvgIpc) is 2.17. The van der Waals surface area contributed by atoms with Crippen LogP contribution in [0.1, 0.15) is 6.42 Å². The van der Waals surface area contributed by atoms with E-state index in [1.54, 1.807) is 0 Å². The number of imide groups is 1. The zero-order chi connectivity index (χ0) is 7.72. The Morgan fingerprint density at radius 1 is 1.70 bits per heavy atom. The molecule has 0 N–H and O–H groups in total. The molecule has 0 aromatic carbocycles. The van der Waals surface area contributed by atoms with Gasteiger partial charge in [-0.3, -0.25) is 19.5 Å². The van der Waals surface area contributed by atoms with Crippen LogP contribution in [-0.4, -0.2) is 36.5 Å². The molecule has 0 bridgehead atoms. The van der Waals surface area contributed by atoms with Crippen molar-refractivity contribution < 1.29 is 9.59 Å². The van der Waals surface area contributed by atoms with Crippen LogP contribution in [0.15, 0.2) is 4.99 Å². The third-order valence-corrected chi connectivity index (χ3v) is 1.58. The van der Waals surface area contributed by atoms with E-state index in [9.17, 15) is 9.59 Å². The van der Waals surface area contributed by atoms with Crippen LogP contribution >= 0.6 is 0 Å². The van der Waals surface area contributed by atoms with Gasteiger partial charge in [0.15, 0.2) is 0 Å². The molecule has 1 saturated heterocycles. The third kappa shape index (κ3) is 0.814. The first-order chi connectivity index (χ1) is 4.66. The van der Waals surface area contributed by atoms with E-state index in [0.29, 0.717) is 0 Å². The Labute approximate surface area is 58.5 Å². The van der Waals surface area contributed by atoms with Crippen molar-refractivity contribution in [3.8, 4) is 0 Å². The fourth-order valence-electron chi connectivity index (χ4n) is 0.879. The molecule has 0 aromatic heterocycles. The van der Waals surface area contributed by atoms with E-state index in [2.05, 4.69) is 11.7 Å². The van der Waals surface area contributed by atoms with Crippen LogP contribution in [0.3, 0.4) is 0 Å². The molecule has 1 fully saturated rings. The molecule has 4 heteroatoms. The SMILES string of the molecule is C=NC1CC(=O)N(C)C1=O. The molecule has 1 heterocycles. The lowest BCUT2D eigenvalue weighted by molar-refractivity contribution is -0.136. The van der Waals surface area contributed by atoms with Crippen LogP contribution in [0, 0.1) is 0 Å². The molecule has 0 aromatic rings. The van der Waals surface area contributed by atoms with Gasteiger partial charge in [-0.1, -0.05) is 0 Å². The highest BCUT2D eigenvalue weighted by atomic mass is 16.2. The number of rotatable bonds is 1. The number of likely N-dealkylation sites (N-methyl/N-ethyl adjacent to an activating group) is 1. The molecule has 54 valence electrons. The minimum Gasteiger partial charge on any atom is -0.287 e. The lowest BCUT2D eigenvalue weighted by Gasteiger charge is -2.03. The van der Waals surface area contributed by atoms with Crippen molar-refractivity contribution in [2.45, 2.75) is 12.5 Å². The first-order valence-corrected chi connectivity index (χ1v) is 2.93. The standard InChI is InChI=1S/C6H8N2O2/c1-7-4-3-5(9)8(2)6(4)10/h4H,1,3H2,2H3. The summed E-state index contributed by atoms with van der Waals surface area (Å²) in [6.07, 6.45) is 0.179. The summed E-state index contributed by atoms with van der Waals surface area (Å²) in [4.78, 5) is 26.3. The zero-order valence-electron chi connectivity index (χ0n) is 5.70. The second-order valence-corrected chi connectivity index (χ2v) is 2.19. The largest absolute Gasteiger partial charge is 0.287 e. The molecule has 1 unspecified atom stereocenters. The predicted octanol–water partition coefficient (Wildman–Crippen LogP) is -0.556. The first-order valence-electron chi connectivity index (χ1n) is 2.93. The smallest absolute Gasteiger partial charge is 0.254 e. The van der Waals surface area contributed by atoms with Gasteiger partial charge < -0.3 is 0 Å². The van der Waals surface area contributed by atoms with Crippen molar-refractivity contribution in [2.75, 3.05) is 7.05 Å². The highest BCUT2D eigenvalue weighted by Gasteiger charge is 2.34. The number of carbonyl (C=O) groups is 2. The van der Waals surface area contributed by atoms with Crippen molar-refractivity contribution in [3.63, 3.8) is 0 Å². The summed E-state index contributed by atoms with van der Waals surface area (Å²) in [7, 11) is 1.45. The Hall–Kier alpha value is -1.19. The fraction of sp³-hybridized carbons (Fsp3) is 0.500. The topological polar surface area (TPSA) is 49.7 Å². The minimum absolute atomic E-state index is 0.178. The summed E-state index contributed by atoms with van der Waals surface area (Å²) < 4.78 is 0. The lowest BCUT2D eigenvalue weighted by Crippen LogP contribution is -2.26. The van der Waals surface area contributed by atoms with Crippen molar-refractivity contribution in [2.24, 2.45) is 4.99 Å². The van der Waals surface area contributed by atoms with E-state index in [4.69, 9.17) is 0 Å². The van der Waals surface area contributed by atoms with Gasteiger partial charge in [0.1, 0.15) is 6.04 Å². The molecule has 1 rings (SSSR count). The van der Waals surface area contributed by atoms with Crippen LogP contribution in [0.4, 0.5) is 0 Å². The van der Waals surface area contributed by atoms with Crippen LogP contribution < -0.4 is 0 Å². The summed E-state index contributed by atoms with van der Waals surface area (Å²) in [5.41, 5.74) is 0. The zero-order valence-corrected chi connectivity index (χ0v) is 5.70. The molecule has 1 atom stereocenters. The number of carbonyl (C=O) groups excluding carboxylic acids is 2. The Bertz CT molecular complexity index is 200. The summed E-state index contributed by atoms with van der Waals surface area (Å²) in [5, 5.41) is 0. The van der Waals surface area contributed by atoms with Gasteiger partial charge in [-0.25, -0.2) is 0 Å². The second kappa shape index (κ2) is 2.21. The van der Waals surface area contributed by atoms with Crippen LogP contribution in [0.25, 0.3) is 0 Å². The summed E-state index contributed by atoms with van der Waals surface area (Å²) in [5.74, 6) is -0.428. The third-order valence-electron chi connectivity index (χ3n) is 1.58. The highest BCUT2D eigenvalue weighted by Crippen LogP contribution is 2.12. The Morgan fingerprint density at radius 2 is 2.30 bits per heavy atom. The van der Waals surface area contributed by atoms with E-state index in [0.717, 1.165) is 4.90 Å². The number of nitrogens with zero attached hydrogens (tertiary/aromatic N) is 2.